The Morgan fingerprint density at radius 1 is 0.943 bits per heavy atom. The Morgan fingerprint density at radius 2 is 1.66 bits per heavy atom. The van der Waals surface area contributed by atoms with Gasteiger partial charge in [0.25, 0.3) is 0 Å². The normalized spacial score (nSPS) is 22.7. The van der Waals surface area contributed by atoms with E-state index in [0.29, 0.717) is 29.4 Å². The smallest absolute Gasteiger partial charge is 0.166 e. The maximum absolute atomic E-state index is 15.0. The maximum atomic E-state index is 15.0. The summed E-state index contributed by atoms with van der Waals surface area (Å²) in [5.41, 5.74) is 1.23. The summed E-state index contributed by atoms with van der Waals surface area (Å²) in [4.78, 5) is 0. The third-order valence-electron chi connectivity index (χ3n) is 6.94. The van der Waals surface area contributed by atoms with E-state index in [1.807, 2.05) is 6.08 Å². The van der Waals surface area contributed by atoms with Gasteiger partial charge in [0.15, 0.2) is 23.3 Å². The lowest BCUT2D eigenvalue weighted by Gasteiger charge is -2.27. The quantitative estimate of drug-likeness (QED) is 0.276. The third-order valence-corrected chi connectivity index (χ3v) is 6.94. The van der Waals surface area contributed by atoms with Crippen molar-refractivity contribution in [2.24, 2.45) is 5.92 Å². The Hall–Kier alpha value is -2.86. The Kier molecular flexibility index (Phi) is 8.11. The van der Waals surface area contributed by atoms with Crippen LogP contribution in [0.1, 0.15) is 50.5 Å². The standard InChI is InChI=1S/C29H30F4O2/c1-3-18-5-7-19(8-6-18)23-14-15-24(28(32)27(23)31)20-9-12-22(13-10-20)35-17-21-11-16-25(34-4-2)29(33)26(21)30/h3,9-15,18-19,25H,1,4-8,16-17H2,2H3. The van der Waals surface area contributed by atoms with E-state index in [4.69, 9.17) is 9.47 Å². The Labute approximate surface area is 204 Å². The highest BCUT2D eigenvalue weighted by atomic mass is 19.2. The minimum absolute atomic E-state index is 0.0164. The second kappa shape index (κ2) is 11.3. The van der Waals surface area contributed by atoms with Gasteiger partial charge < -0.3 is 9.47 Å². The second-order valence-corrected chi connectivity index (χ2v) is 9.06. The molecule has 0 heterocycles. The highest BCUT2D eigenvalue weighted by Crippen LogP contribution is 2.39. The summed E-state index contributed by atoms with van der Waals surface area (Å²) in [7, 11) is 0. The Balaban J connectivity index is 1.42. The van der Waals surface area contributed by atoms with Crippen LogP contribution in [0.2, 0.25) is 0 Å². The highest BCUT2D eigenvalue weighted by Gasteiger charge is 2.27. The van der Waals surface area contributed by atoms with Crippen LogP contribution in [-0.2, 0) is 4.74 Å². The van der Waals surface area contributed by atoms with Crippen LogP contribution in [-0.4, -0.2) is 19.3 Å². The van der Waals surface area contributed by atoms with Gasteiger partial charge in [-0.3, -0.25) is 0 Å². The largest absolute Gasteiger partial charge is 0.489 e. The second-order valence-electron chi connectivity index (χ2n) is 9.06. The first-order valence-corrected chi connectivity index (χ1v) is 12.1. The first-order valence-electron chi connectivity index (χ1n) is 12.1. The lowest BCUT2D eigenvalue weighted by atomic mass is 9.78. The van der Waals surface area contributed by atoms with E-state index in [9.17, 15) is 17.6 Å². The molecule has 35 heavy (non-hydrogen) atoms. The van der Waals surface area contributed by atoms with Gasteiger partial charge in [-0.25, -0.2) is 17.6 Å². The van der Waals surface area contributed by atoms with Gasteiger partial charge in [-0.15, -0.1) is 6.58 Å². The van der Waals surface area contributed by atoms with Gasteiger partial charge in [0.1, 0.15) is 18.5 Å². The van der Waals surface area contributed by atoms with Crippen molar-refractivity contribution in [1.82, 2.24) is 0 Å². The molecule has 0 radical (unpaired) electrons. The Morgan fingerprint density at radius 3 is 2.31 bits per heavy atom. The third kappa shape index (κ3) is 5.53. The molecule has 0 aliphatic heterocycles. The number of allylic oxidation sites excluding steroid dienone is 1. The lowest BCUT2D eigenvalue weighted by Crippen LogP contribution is -2.19. The molecule has 0 amide bonds. The maximum Gasteiger partial charge on any atom is 0.166 e. The van der Waals surface area contributed by atoms with Crippen LogP contribution in [0, 0.1) is 17.6 Å². The van der Waals surface area contributed by atoms with Crippen molar-refractivity contribution in [1.29, 1.82) is 0 Å². The van der Waals surface area contributed by atoms with Gasteiger partial charge in [0.2, 0.25) is 0 Å². The van der Waals surface area contributed by atoms with Gasteiger partial charge in [-0.2, -0.15) is 0 Å². The van der Waals surface area contributed by atoms with Crippen molar-refractivity contribution >= 4 is 0 Å². The van der Waals surface area contributed by atoms with Gasteiger partial charge in [0, 0.05) is 17.7 Å². The van der Waals surface area contributed by atoms with Gasteiger partial charge in [-0.1, -0.05) is 36.4 Å². The van der Waals surface area contributed by atoms with Gasteiger partial charge in [-0.05, 0) is 74.1 Å². The van der Waals surface area contributed by atoms with Crippen molar-refractivity contribution in [3.63, 3.8) is 0 Å². The van der Waals surface area contributed by atoms with Crippen molar-refractivity contribution in [3.05, 3.63) is 89.6 Å². The summed E-state index contributed by atoms with van der Waals surface area (Å²) in [5.74, 6) is -2.65. The molecule has 6 heteroatoms. The van der Waals surface area contributed by atoms with E-state index >= 15 is 0 Å². The van der Waals surface area contributed by atoms with Crippen molar-refractivity contribution in [2.45, 2.75) is 51.0 Å². The molecule has 186 valence electrons. The molecule has 4 rings (SSSR count). The number of benzene rings is 2. The number of hydrogen-bond donors (Lipinski definition) is 0. The lowest BCUT2D eigenvalue weighted by molar-refractivity contribution is 0.0695. The zero-order chi connectivity index (χ0) is 24.9. The average Bonchev–Trinajstić information content (AvgIpc) is 2.88. The molecule has 1 fully saturated rings. The predicted octanol–water partition coefficient (Wildman–Crippen LogP) is 8.36. The van der Waals surface area contributed by atoms with Crippen molar-refractivity contribution < 1.29 is 27.0 Å². The van der Waals surface area contributed by atoms with Gasteiger partial charge >= 0.3 is 0 Å². The van der Waals surface area contributed by atoms with Crippen LogP contribution in [0.3, 0.4) is 0 Å². The average molecular weight is 487 g/mol. The summed E-state index contributed by atoms with van der Waals surface area (Å²) in [5, 5.41) is 0. The molecule has 2 aromatic rings. The molecule has 0 saturated heterocycles. The van der Waals surface area contributed by atoms with Gasteiger partial charge in [0.05, 0.1) is 0 Å². The van der Waals surface area contributed by atoms with E-state index < -0.39 is 29.4 Å². The van der Waals surface area contributed by atoms with Crippen LogP contribution in [0.15, 0.2) is 72.4 Å². The molecular formula is C29H30F4O2. The molecule has 0 bridgehead atoms. The van der Waals surface area contributed by atoms with Crippen LogP contribution in [0.4, 0.5) is 17.6 Å². The molecule has 1 atom stereocenters. The fourth-order valence-corrected chi connectivity index (χ4v) is 4.86. The van der Waals surface area contributed by atoms with Crippen LogP contribution >= 0.6 is 0 Å². The zero-order valence-electron chi connectivity index (χ0n) is 19.8. The summed E-state index contributed by atoms with van der Waals surface area (Å²) < 4.78 is 69.1. The molecule has 0 spiro atoms. The first kappa shape index (κ1) is 25.2. The molecule has 0 aromatic heterocycles. The summed E-state index contributed by atoms with van der Waals surface area (Å²) in [6.07, 6.45) is 6.37. The first-order chi connectivity index (χ1) is 16.9. The number of halogens is 4. The summed E-state index contributed by atoms with van der Waals surface area (Å²) in [6, 6.07) is 9.74. The van der Waals surface area contributed by atoms with Crippen LogP contribution in [0.5, 0.6) is 5.75 Å². The molecule has 2 aromatic carbocycles. The highest BCUT2D eigenvalue weighted by molar-refractivity contribution is 5.65. The van der Waals surface area contributed by atoms with E-state index in [0.717, 1.165) is 25.7 Å². The Bertz CT molecular complexity index is 1110. The van der Waals surface area contributed by atoms with E-state index in [2.05, 4.69) is 6.58 Å². The summed E-state index contributed by atoms with van der Waals surface area (Å²) in [6.45, 7) is 5.70. The van der Waals surface area contributed by atoms with E-state index in [-0.39, 0.29) is 30.1 Å². The topological polar surface area (TPSA) is 18.5 Å². The fraction of sp³-hybridized carbons (Fsp3) is 0.379. The van der Waals surface area contributed by atoms with E-state index in [1.165, 1.54) is 0 Å². The monoisotopic (exact) mass is 486 g/mol. The number of ether oxygens (including phenoxy) is 2. The van der Waals surface area contributed by atoms with Crippen LogP contribution < -0.4 is 4.74 Å². The predicted molar refractivity (Wildman–Crippen MR) is 130 cm³/mol. The fourth-order valence-electron chi connectivity index (χ4n) is 4.86. The number of hydrogen-bond acceptors (Lipinski definition) is 2. The molecular weight excluding hydrogens is 456 g/mol. The zero-order valence-corrected chi connectivity index (χ0v) is 19.8. The summed E-state index contributed by atoms with van der Waals surface area (Å²) >= 11 is 0. The minimum atomic E-state index is -0.957. The number of rotatable bonds is 8. The molecule has 0 N–H and O–H groups in total. The van der Waals surface area contributed by atoms with Crippen LogP contribution in [0.25, 0.3) is 11.1 Å². The van der Waals surface area contributed by atoms with Crippen molar-refractivity contribution in [2.75, 3.05) is 13.2 Å². The SMILES string of the molecule is C=CC1CCC(c2ccc(-c3ccc(OCC4=CCC(OCC)C(F)=C4F)cc3)c(F)c2F)CC1. The van der Waals surface area contributed by atoms with Crippen molar-refractivity contribution in [3.8, 4) is 16.9 Å². The molecule has 2 aliphatic rings. The molecule has 1 saturated carbocycles. The molecule has 2 aliphatic carbocycles. The molecule has 2 nitrogen and oxygen atoms in total. The molecule has 1 unspecified atom stereocenters. The van der Waals surface area contributed by atoms with E-state index in [1.54, 1.807) is 49.4 Å². The minimum Gasteiger partial charge on any atom is -0.489 e.